The molecular formula is C18H20NO2+. The zero-order valence-electron chi connectivity index (χ0n) is 12.2. The topological polar surface area (TPSA) is 44.8 Å². The first-order valence-corrected chi connectivity index (χ1v) is 7.19. The Hall–Kier alpha value is -2.47. The van der Waals surface area contributed by atoms with Crippen LogP contribution in [0.4, 0.5) is 0 Å². The van der Waals surface area contributed by atoms with E-state index in [2.05, 4.69) is 18.0 Å². The fourth-order valence-corrected chi connectivity index (χ4v) is 2.64. The van der Waals surface area contributed by atoms with Gasteiger partial charge in [-0.2, -0.15) is 5.21 Å². The number of rotatable bonds is 5. The average molecular weight is 282 g/mol. The maximum absolute atomic E-state index is 9.51. The molecule has 1 atom stereocenters. The van der Waals surface area contributed by atoms with Crippen molar-refractivity contribution in [2.24, 2.45) is 0 Å². The fraction of sp³-hybridized carbons (Fsp3) is 0.278. The van der Waals surface area contributed by atoms with Gasteiger partial charge in [0.25, 0.3) is 0 Å². The van der Waals surface area contributed by atoms with E-state index in [1.54, 1.807) is 12.1 Å². The summed E-state index contributed by atoms with van der Waals surface area (Å²) in [5, 5.41) is 21.9. The lowest BCUT2D eigenvalue weighted by atomic mass is 9.72. The Bertz CT molecular complexity index is 626. The molecule has 108 valence electrons. The number of phenolic OH excluding ortho intramolecular Hbond substituents is 1. The van der Waals surface area contributed by atoms with Gasteiger partial charge in [0.2, 0.25) is 5.01 Å². The first-order chi connectivity index (χ1) is 10.2. The van der Waals surface area contributed by atoms with E-state index in [1.807, 2.05) is 42.5 Å². The van der Waals surface area contributed by atoms with E-state index in [1.165, 1.54) is 0 Å². The van der Waals surface area contributed by atoms with Crippen LogP contribution in [0, 0.1) is 6.07 Å². The molecule has 0 fully saturated rings. The number of phenols is 1. The van der Waals surface area contributed by atoms with E-state index < -0.39 is 5.41 Å². The monoisotopic (exact) mass is 282 g/mol. The lowest BCUT2D eigenvalue weighted by molar-refractivity contribution is 0.455. The Labute approximate surface area is 125 Å². The molecule has 3 heteroatoms. The molecule has 0 amide bonds. The molecule has 1 unspecified atom stereocenters. The van der Waals surface area contributed by atoms with E-state index in [-0.39, 0.29) is 5.75 Å². The summed E-state index contributed by atoms with van der Waals surface area (Å²) in [6, 6.07) is 19.8. The zero-order chi connectivity index (χ0) is 15.1. The van der Waals surface area contributed by atoms with E-state index >= 15 is 0 Å². The van der Waals surface area contributed by atoms with Crippen LogP contribution in [0.5, 0.6) is 5.75 Å². The summed E-state index contributed by atoms with van der Waals surface area (Å²) in [4.78, 5) is 0. The second-order valence-electron chi connectivity index (χ2n) is 5.13. The van der Waals surface area contributed by atoms with Gasteiger partial charge in [-0.05, 0) is 29.7 Å². The maximum atomic E-state index is 9.51. The average Bonchev–Trinajstić information content (AvgIpc) is 2.53. The summed E-state index contributed by atoms with van der Waals surface area (Å²) in [5.74, 6) is 0.220. The van der Waals surface area contributed by atoms with Crippen LogP contribution in [0.2, 0.25) is 0 Å². The van der Waals surface area contributed by atoms with Gasteiger partial charge in [0, 0.05) is 0 Å². The first-order valence-electron chi connectivity index (χ1n) is 7.19. The molecule has 0 aliphatic carbocycles. The van der Waals surface area contributed by atoms with Crippen LogP contribution >= 0.6 is 0 Å². The molecule has 2 N–H and O–H groups in total. The normalized spacial score (nSPS) is 13.0. The Morgan fingerprint density at radius 3 is 2.19 bits per heavy atom. The number of nitrogens with zero attached hydrogens (tertiary/aromatic N) is 1. The van der Waals surface area contributed by atoms with Gasteiger partial charge in [-0.15, -0.1) is 0 Å². The SMILES string of the molecule is CCCCC(C#[N+]O)(c1ccccc1)c1ccc(O)cc1. The van der Waals surface area contributed by atoms with Gasteiger partial charge in [0.05, 0.1) is 0 Å². The minimum atomic E-state index is -0.597. The Morgan fingerprint density at radius 1 is 1.00 bits per heavy atom. The van der Waals surface area contributed by atoms with Crippen LogP contribution in [0.3, 0.4) is 0 Å². The molecule has 21 heavy (non-hydrogen) atoms. The highest BCUT2D eigenvalue weighted by molar-refractivity contribution is 5.47. The Morgan fingerprint density at radius 2 is 1.62 bits per heavy atom. The standard InChI is InChI=1S/C18H19NO2/c1-2-3-13-18(14-19-21,15-7-5-4-6-8-15)16-9-11-17(20)12-10-16/h4-12H,2-3,13H2,1H3,(H-,20,21)/p+1. The van der Waals surface area contributed by atoms with E-state index in [0.717, 1.165) is 30.4 Å². The number of benzene rings is 2. The van der Waals surface area contributed by atoms with Gasteiger partial charge in [-0.25, -0.2) is 0 Å². The van der Waals surface area contributed by atoms with Crippen molar-refractivity contribution in [1.82, 2.24) is 0 Å². The summed E-state index contributed by atoms with van der Waals surface area (Å²) in [7, 11) is 0. The number of hydrogen-bond donors (Lipinski definition) is 2. The maximum Gasteiger partial charge on any atom is 0.366 e. The molecule has 2 rings (SSSR count). The molecule has 0 bridgehead atoms. The molecule has 0 aromatic heterocycles. The molecule has 0 spiro atoms. The highest BCUT2D eigenvalue weighted by Gasteiger charge is 2.39. The predicted molar refractivity (Wildman–Crippen MR) is 83.9 cm³/mol. The lowest BCUT2D eigenvalue weighted by Gasteiger charge is -2.24. The number of unbranched alkanes of at least 4 members (excludes halogenated alkanes) is 1. The van der Waals surface area contributed by atoms with Crippen molar-refractivity contribution in [3.63, 3.8) is 0 Å². The quantitative estimate of drug-likeness (QED) is 0.788. The second-order valence-corrected chi connectivity index (χ2v) is 5.13. The molecular weight excluding hydrogens is 262 g/mol. The van der Waals surface area contributed by atoms with Crippen LogP contribution in [0.15, 0.2) is 54.6 Å². The van der Waals surface area contributed by atoms with Crippen molar-refractivity contribution in [3.05, 3.63) is 70.7 Å². The van der Waals surface area contributed by atoms with E-state index in [4.69, 9.17) is 5.21 Å². The van der Waals surface area contributed by atoms with Crippen molar-refractivity contribution in [2.75, 3.05) is 0 Å². The third-order valence-electron chi connectivity index (χ3n) is 3.77. The van der Waals surface area contributed by atoms with Crippen LogP contribution < -0.4 is 0 Å². The van der Waals surface area contributed by atoms with Crippen molar-refractivity contribution >= 4 is 0 Å². The molecule has 0 heterocycles. The predicted octanol–water partition coefficient (Wildman–Crippen LogP) is 4.59. The van der Waals surface area contributed by atoms with Crippen LogP contribution in [0.25, 0.3) is 5.01 Å². The summed E-state index contributed by atoms with van der Waals surface area (Å²) in [6.07, 6.45) is 2.82. The van der Waals surface area contributed by atoms with Gasteiger partial charge in [-0.3, -0.25) is 0 Å². The first kappa shape index (κ1) is 14.9. The van der Waals surface area contributed by atoms with E-state index in [9.17, 15) is 5.11 Å². The van der Waals surface area contributed by atoms with Gasteiger partial charge >= 0.3 is 6.07 Å². The van der Waals surface area contributed by atoms with Crippen LogP contribution in [0.1, 0.15) is 37.3 Å². The van der Waals surface area contributed by atoms with Crippen molar-refractivity contribution in [1.29, 1.82) is 0 Å². The summed E-state index contributed by atoms with van der Waals surface area (Å²) < 4.78 is 0. The van der Waals surface area contributed by atoms with Crippen LogP contribution in [-0.4, -0.2) is 10.3 Å². The van der Waals surface area contributed by atoms with Crippen LogP contribution in [-0.2, 0) is 5.41 Å². The van der Waals surface area contributed by atoms with Crippen molar-refractivity contribution in [3.8, 4) is 11.8 Å². The largest absolute Gasteiger partial charge is 0.508 e. The van der Waals surface area contributed by atoms with Crippen molar-refractivity contribution in [2.45, 2.75) is 31.6 Å². The molecule has 2 aromatic carbocycles. The smallest absolute Gasteiger partial charge is 0.366 e. The molecule has 3 nitrogen and oxygen atoms in total. The third-order valence-corrected chi connectivity index (χ3v) is 3.77. The fourth-order valence-electron chi connectivity index (χ4n) is 2.64. The summed E-state index contributed by atoms with van der Waals surface area (Å²) in [6.45, 7) is 2.13. The molecule has 0 saturated heterocycles. The third kappa shape index (κ3) is 3.17. The van der Waals surface area contributed by atoms with Gasteiger partial charge in [0.15, 0.2) is 5.41 Å². The molecule has 2 aromatic rings. The zero-order valence-corrected chi connectivity index (χ0v) is 12.2. The minimum absolute atomic E-state index is 0.220. The van der Waals surface area contributed by atoms with E-state index in [0.29, 0.717) is 0 Å². The minimum Gasteiger partial charge on any atom is -0.508 e. The molecule has 0 aliphatic rings. The summed E-state index contributed by atoms with van der Waals surface area (Å²) >= 11 is 0. The van der Waals surface area contributed by atoms with Gasteiger partial charge in [-0.1, -0.05) is 62.2 Å². The Balaban J connectivity index is 2.59. The van der Waals surface area contributed by atoms with Gasteiger partial charge in [0.1, 0.15) is 5.75 Å². The highest BCUT2D eigenvalue weighted by Crippen LogP contribution is 2.37. The van der Waals surface area contributed by atoms with Crippen molar-refractivity contribution < 1.29 is 10.3 Å². The Kier molecular flexibility index (Phi) is 4.84. The number of hydrogen-bond acceptors (Lipinski definition) is 2. The second kappa shape index (κ2) is 6.81. The molecule has 0 radical (unpaired) electrons. The molecule has 0 aliphatic heterocycles. The number of aromatic hydroxyl groups is 1. The van der Waals surface area contributed by atoms with Gasteiger partial charge < -0.3 is 5.11 Å². The lowest BCUT2D eigenvalue weighted by Crippen LogP contribution is -2.25. The summed E-state index contributed by atoms with van der Waals surface area (Å²) in [5.41, 5.74) is 1.39. The highest BCUT2D eigenvalue weighted by atomic mass is 16.4. The molecule has 0 saturated carbocycles.